The van der Waals surface area contributed by atoms with Gasteiger partial charge in [0.15, 0.2) is 5.82 Å². The third-order valence-electron chi connectivity index (χ3n) is 6.64. The predicted molar refractivity (Wildman–Crippen MR) is 114 cm³/mol. The Hall–Kier alpha value is -2.70. The second-order valence-electron chi connectivity index (χ2n) is 9.22. The summed E-state index contributed by atoms with van der Waals surface area (Å²) in [5, 5.41) is 7.45. The molecular formula is C23H31N5O2. The summed E-state index contributed by atoms with van der Waals surface area (Å²) in [7, 11) is 0. The maximum atomic E-state index is 13.0. The first kappa shape index (κ1) is 20.6. The van der Waals surface area contributed by atoms with Crippen LogP contribution >= 0.6 is 0 Å². The Bertz CT molecular complexity index is 935. The number of hydrogen-bond acceptors (Lipinski definition) is 4. The molecule has 4 rings (SSSR count). The topological polar surface area (TPSA) is 82.2 Å². The third kappa shape index (κ3) is 3.73. The summed E-state index contributed by atoms with van der Waals surface area (Å²) in [6.45, 7) is 10.4. The van der Waals surface area contributed by atoms with Gasteiger partial charge in [-0.05, 0) is 25.8 Å². The first-order valence-corrected chi connectivity index (χ1v) is 10.8. The lowest BCUT2D eigenvalue weighted by atomic mass is 9.71. The van der Waals surface area contributed by atoms with E-state index in [4.69, 9.17) is 0 Å². The van der Waals surface area contributed by atoms with Crippen LogP contribution in [0.5, 0.6) is 0 Å². The number of rotatable bonds is 4. The van der Waals surface area contributed by atoms with Gasteiger partial charge >= 0.3 is 0 Å². The smallest absolute Gasteiger partial charge is 0.227 e. The SMILES string of the molecule is Cc1ccc(CC(=O)N2CC[C@@]3(c4n[nH]c(C)n4)CN(C(=O)C(C)C)C[C@H]3C2)cc1. The summed E-state index contributed by atoms with van der Waals surface area (Å²) < 4.78 is 0. The molecule has 2 fully saturated rings. The van der Waals surface area contributed by atoms with E-state index >= 15 is 0 Å². The molecule has 7 nitrogen and oxygen atoms in total. The first-order chi connectivity index (χ1) is 14.3. The molecule has 0 saturated carbocycles. The Kier molecular flexibility index (Phi) is 5.38. The predicted octanol–water partition coefficient (Wildman–Crippen LogP) is 2.25. The molecule has 160 valence electrons. The van der Waals surface area contributed by atoms with Crippen molar-refractivity contribution < 1.29 is 9.59 Å². The highest BCUT2D eigenvalue weighted by atomic mass is 16.2. The molecule has 2 amide bonds. The lowest BCUT2D eigenvalue weighted by Gasteiger charge is -2.41. The van der Waals surface area contributed by atoms with Crippen LogP contribution in [0.15, 0.2) is 24.3 Å². The van der Waals surface area contributed by atoms with Crippen molar-refractivity contribution in [3.8, 4) is 0 Å². The van der Waals surface area contributed by atoms with Crippen molar-refractivity contribution in [3.05, 3.63) is 47.0 Å². The van der Waals surface area contributed by atoms with Gasteiger partial charge in [0.25, 0.3) is 0 Å². The van der Waals surface area contributed by atoms with Crippen LogP contribution in [-0.2, 0) is 21.4 Å². The average Bonchev–Trinajstić information content (AvgIpc) is 3.32. The van der Waals surface area contributed by atoms with Crippen LogP contribution in [0, 0.1) is 25.7 Å². The van der Waals surface area contributed by atoms with Crippen molar-refractivity contribution in [2.45, 2.75) is 46.0 Å². The molecule has 30 heavy (non-hydrogen) atoms. The van der Waals surface area contributed by atoms with Crippen LogP contribution in [0.1, 0.15) is 43.0 Å². The molecule has 0 radical (unpaired) electrons. The zero-order valence-electron chi connectivity index (χ0n) is 18.3. The van der Waals surface area contributed by atoms with E-state index in [1.807, 2.05) is 61.8 Å². The number of aromatic amines is 1. The molecule has 1 aromatic heterocycles. The number of aromatic nitrogens is 3. The zero-order chi connectivity index (χ0) is 21.5. The summed E-state index contributed by atoms with van der Waals surface area (Å²) in [6, 6.07) is 8.14. The number of likely N-dealkylation sites (tertiary alicyclic amines) is 2. The maximum Gasteiger partial charge on any atom is 0.227 e. The number of nitrogens with one attached hydrogen (secondary N) is 1. The van der Waals surface area contributed by atoms with Crippen LogP contribution < -0.4 is 0 Å². The molecule has 3 heterocycles. The highest BCUT2D eigenvalue weighted by Crippen LogP contribution is 2.44. The molecule has 0 aliphatic carbocycles. The van der Waals surface area contributed by atoms with Crippen molar-refractivity contribution in [2.75, 3.05) is 26.2 Å². The van der Waals surface area contributed by atoms with Gasteiger partial charge in [-0.1, -0.05) is 43.7 Å². The van der Waals surface area contributed by atoms with Gasteiger partial charge in [0.05, 0.1) is 11.8 Å². The van der Waals surface area contributed by atoms with E-state index in [1.54, 1.807) is 0 Å². The van der Waals surface area contributed by atoms with Crippen LogP contribution in [0.2, 0.25) is 0 Å². The summed E-state index contributed by atoms with van der Waals surface area (Å²) in [4.78, 5) is 34.3. The lowest BCUT2D eigenvalue weighted by molar-refractivity contribution is -0.133. The molecule has 2 aromatic rings. The van der Waals surface area contributed by atoms with Crippen LogP contribution in [0.25, 0.3) is 0 Å². The number of piperidine rings is 1. The molecule has 0 spiro atoms. The van der Waals surface area contributed by atoms with Gasteiger partial charge in [-0.25, -0.2) is 4.98 Å². The number of H-pyrrole nitrogens is 1. The van der Waals surface area contributed by atoms with E-state index in [1.165, 1.54) is 5.56 Å². The normalized spacial score (nSPS) is 23.7. The molecule has 2 aliphatic rings. The maximum absolute atomic E-state index is 13.0. The van der Waals surface area contributed by atoms with Gasteiger partial charge in [-0.3, -0.25) is 14.7 Å². The first-order valence-electron chi connectivity index (χ1n) is 10.8. The minimum Gasteiger partial charge on any atom is -0.342 e. The number of hydrogen-bond donors (Lipinski definition) is 1. The highest BCUT2D eigenvalue weighted by molar-refractivity contribution is 5.80. The number of nitrogens with zero attached hydrogens (tertiary/aromatic N) is 4. The molecule has 0 unspecified atom stereocenters. The Morgan fingerprint density at radius 3 is 2.50 bits per heavy atom. The Morgan fingerprint density at radius 2 is 1.87 bits per heavy atom. The molecule has 0 bridgehead atoms. The van der Waals surface area contributed by atoms with Crippen molar-refractivity contribution in [3.63, 3.8) is 0 Å². The van der Waals surface area contributed by atoms with Gasteiger partial charge in [-0.15, -0.1) is 0 Å². The highest BCUT2D eigenvalue weighted by Gasteiger charge is 2.54. The van der Waals surface area contributed by atoms with Crippen molar-refractivity contribution in [1.29, 1.82) is 0 Å². The molecule has 2 aliphatic heterocycles. The van der Waals surface area contributed by atoms with Crippen LogP contribution in [-0.4, -0.2) is 63.0 Å². The molecule has 7 heteroatoms. The molecule has 2 saturated heterocycles. The average molecular weight is 410 g/mol. The number of benzene rings is 1. The quantitative estimate of drug-likeness (QED) is 0.840. The Morgan fingerprint density at radius 1 is 1.17 bits per heavy atom. The molecular weight excluding hydrogens is 378 g/mol. The monoisotopic (exact) mass is 409 g/mol. The van der Waals surface area contributed by atoms with E-state index in [9.17, 15) is 9.59 Å². The number of fused-ring (bicyclic) bond motifs is 1. The second kappa shape index (κ2) is 7.85. The van der Waals surface area contributed by atoms with E-state index in [0.717, 1.165) is 23.6 Å². The van der Waals surface area contributed by atoms with Crippen LogP contribution in [0.4, 0.5) is 0 Å². The third-order valence-corrected chi connectivity index (χ3v) is 6.64. The summed E-state index contributed by atoms with van der Waals surface area (Å²) in [5.41, 5.74) is 1.95. The van der Waals surface area contributed by atoms with E-state index in [0.29, 0.717) is 32.6 Å². The molecule has 1 N–H and O–H groups in total. The molecule has 1 aromatic carbocycles. The fourth-order valence-electron chi connectivity index (χ4n) is 4.86. The minimum absolute atomic E-state index is 0.0460. The van der Waals surface area contributed by atoms with Gasteiger partial charge in [0, 0.05) is 38.0 Å². The number of amides is 2. The van der Waals surface area contributed by atoms with Gasteiger partial charge < -0.3 is 9.80 Å². The van der Waals surface area contributed by atoms with E-state index in [-0.39, 0.29) is 29.1 Å². The van der Waals surface area contributed by atoms with Crippen molar-refractivity contribution in [1.82, 2.24) is 25.0 Å². The minimum atomic E-state index is -0.282. The van der Waals surface area contributed by atoms with Crippen molar-refractivity contribution >= 4 is 11.8 Å². The molecule has 2 atom stereocenters. The van der Waals surface area contributed by atoms with E-state index in [2.05, 4.69) is 15.2 Å². The second-order valence-corrected chi connectivity index (χ2v) is 9.22. The van der Waals surface area contributed by atoms with Gasteiger partial charge in [0.1, 0.15) is 5.82 Å². The van der Waals surface area contributed by atoms with Gasteiger partial charge in [-0.2, -0.15) is 5.10 Å². The van der Waals surface area contributed by atoms with Gasteiger partial charge in [0.2, 0.25) is 11.8 Å². The number of carbonyl (C=O) groups excluding carboxylic acids is 2. The van der Waals surface area contributed by atoms with E-state index < -0.39 is 0 Å². The fraction of sp³-hybridized carbons (Fsp3) is 0.565. The zero-order valence-corrected chi connectivity index (χ0v) is 18.3. The fourth-order valence-corrected chi connectivity index (χ4v) is 4.86. The summed E-state index contributed by atoms with van der Waals surface area (Å²) >= 11 is 0. The summed E-state index contributed by atoms with van der Waals surface area (Å²) in [5.74, 6) is 1.97. The summed E-state index contributed by atoms with van der Waals surface area (Å²) in [6.07, 6.45) is 1.19. The number of carbonyl (C=O) groups is 2. The van der Waals surface area contributed by atoms with Crippen molar-refractivity contribution in [2.24, 2.45) is 11.8 Å². The number of aryl methyl sites for hydroxylation is 2. The largest absolute Gasteiger partial charge is 0.342 e. The Labute approximate surface area is 177 Å². The standard InChI is InChI=1S/C23H31N5O2/c1-15(2)21(30)28-13-19-12-27(20(29)11-18-7-5-16(3)6-8-18)10-9-23(19,14-28)22-24-17(4)25-26-22/h5-8,15,19H,9-14H2,1-4H3,(H,24,25,26)/t19-,23-/m1/s1. The van der Waals surface area contributed by atoms with Crippen LogP contribution in [0.3, 0.4) is 0 Å². The lowest BCUT2D eigenvalue weighted by Crippen LogP contribution is -2.52. The Balaban J connectivity index is 1.54.